The molecule has 0 atom stereocenters. The molecule has 0 bridgehead atoms. The first-order chi connectivity index (χ1) is 9.29. The van der Waals surface area contributed by atoms with Gasteiger partial charge in [0.15, 0.2) is 0 Å². The zero-order valence-corrected chi connectivity index (χ0v) is 10.6. The lowest BCUT2D eigenvalue weighted by molar-refractivity contribution is -0.116. The molecule has 2 aromatic rings. The van der Waals surface area contributed by atoms with Gasteiger partial charge in [-0.05, 0) is 23.1 Å². The average Bonchev–Trinajstić information content (AvgIpc) is 2.84. The lowest BCUT2D eigenvalue weighted by atomic mass is 10.0. The van der Waals surface area contributed by atoms with Crippen LogP contribution in [-0.4, -0.2) is 19.6 Å². The van der Waals surface area contributed by atoms with Crippen LogP contribution in [0.15, 0.2) is 42.0 Å². The molecule has 0 spiro atoms. The summed E-state index contributed by atoms with van der Waals surface area (Å²) in [5.41, 5.74) is 7.15. The van der Waals surface area contributed by atoms with Crippen LogP contribution in [0.1, 0.15) is 5.56 Å². The molecule has 0 unspecified atom stereocenters. The van der Waals surface area contributed by atoms with Gasteiger partial charge >= 0.3 is 0 Å². The van der Waals surface area contributed by atoms with E-state index in [1.807, 2.05) is 42.5 Å². The van der Waals surface area contributed by atoms with Crippen molar-refractivity contribution in [2.75, 3.05) is 13.7 Å². The van der Waals surface area contributed by atoms with Gasteiger partial charge < -0.3 is 4.74 Å². The van der Waals surface area contributed by atoms with Gasteiger partial charge in [0.25, 0.3) is 5.91 Å². The van der Waals surface area contributed by atoms with Crippen LogP contribution in [0.2, 0.25) is 0 Å². The number of nitrogens with one attached hydrogen (secondary N) is 2. The molecular formula is C15H14N2O2. The summed E-state index contributed by atoms with van der Waals surface area (Å²) >= 11 is 0. The Morgan fingerprint density at radius 3 is 2.68 bits per heavy atom. The van der Waals surface area contributed by atoms with E-state index in [1.54, 1.807) is 7.11 Å². The number of hydrogen-bond donors (Lipinski definition) is 2. The fourth-order valence-electron chi connectivity index (χ4n) is 2.29. The first-order valence-electron chi connectivity index (χ1n) is 6.09. The molecular weight excluding hydrogens is 240 g/mol. The number of fused-ring (bicyclic) bond motifs is 1. The highest BCUT2D eigenvalue weighted by atomic mass is 16.5. The quantitative estimate of drug-likeness (QED) is 0.804. The van der Waals surface area contributed by atoms with Crippen molar-refractivity contribution in [3.05, 3.63) is 47.5 Å². The van der Waals surface area contributed by atoms with Crippen LogP contribution in [0, 0.1) is 0 Å². The topological polar surface area (TPSA) is 50.4 Å². The molecule has 1 fully saturated rings. The van der Waals surface area contributed by atoms with Gasteiger partial charge in [-0.2, -0.15) is 0 Å². The number of methoxy groups -OCH3 is 1. The molecule has 4 heteroatoms. The van der Waals surface area contributed by atoms with E-state index in [4.69, 9.17) is 4.74 Å². The molecule has 19 heavy (non-hydrogen) atoms. The maximum atomic E-state index is 11.6. The number of benzene rings is 2. The molecule has 1 aliphatic heterocycles. The van der Waals surface area contributed by atoms with E-state index in [1.165, 1.54) is 0 Å². The van der Waals surface area contributed by atoms with Crippen LogP contribution < -0.4 is 15.6 Å². The molecule has 1 amide bonds. The molecule has 4 nitrogen and oxygen atoms in total. The van der Waals surface area contributed by atoms with Crippen LogP contribution in [-0.2, 0) is 4.79 Å². The first kappa shape index (κ1) is 11.7. The fraction of sp³-hybridized carbons (Fsp3) is 0.133. The summed E-state index contributed by atoms with van der Waals surface area (Å²) in [5.74, 6) is 0.770. The summed E-state index contributed by atoms with van der Waals surface area (Å²) in [5, 5.41) is 2.12. The highest BCUT2D eigenvalue weighted by Gasteiger charge is 2.15. The second kappa shape index (κ2) is 4.74. The third kappa shape index (κ3) is 2.06. The van der Waals surface area contributed by atoms with Crippen molar-refractivity contribution >= 4 is 22.8 Å². The summed E-state index contributed by atoms with van der Waals surface area (Å²) < 4.78 is 5.36. The number of carbonyl (C=O) groups excluding carboxylic acids is 1. The Morgan fingerprint density at radius 2 is 1.95 bits per heavy atom. The van der Waals surface area contributed by atoms with Crippen LogP contribution in [0.25, 0.3) is 16.8 Å². The van der Waals surface area contributed by atoms with Crippen molar-refractivity contribution in [3.63, 3.8) is 0 Å². The average molecular weight is 254 g/mol. The van der Waals surface area contributed by atoms with Gasteiger partial charge in [-0.1, -0.05) is 30.3 Å². The van der Waals surface area contributed by atoms with Gasteiger partial charge in [-0.15, -0.1) is 0 Å². The summed E-state index contributed by atoms with van der Waals surface area (Å²) in [6, 6.07) is 11.9. The number of hydrogen-bond acceptors (Lipinski definition) is 3. The van der Waals surface area contributed by atoms with Gasteiger partial charge in [0.1, 0.15) is 5.75 Å². The summed E-state index contributed by atoms with van der Waals surface area (Å²) in [4.78, 5) is 11.6. The Kier molecular flexibility index (Phi) is 2.93. The predicted molar refractivity (Wildman–Crippen MR) is 74.6 cm³/mol. The highest BCUT2D eigenvalue weighted by molar-refractivity contribution is 6.03. The number of carbonyl (C=O) groups is 1. The van der Waals surface area contributed by atoms with E-state index in [9.17, 15) is 4.79 Å². The molecule has 0 aromatic heterocycles. The second-order valence-corrected chi connectivity index (χ2v) is 4.38. The third-order valence-electron chi connectivity index (χ3n) is 3.24. The zero-order valence-electron chi connectivity index (χ0n) is 10.6. The standard InChI is InChI=1S/C15H14N2O2/c1-19-14-7-3-5-12-10(4-2-6-13(12)14)8-11-9-16-17-15(11)18/h2-8,16H,9H2,1H3,(H,17,18)/b11-8+. The summed E-state index contributed by atoms with van der Waals surface area (Å²) in [6.45, 7) is 0.541. The SMILES string of the molecule is COc1cccc2c(/C=C3\CNNC3=O)cccc12. The minimum atomic E-state index is -0.0695. The Balaban J connectivity index is 2.17. The molecule has 1 heterocycles. The van der Waals surface area contributed by atoms with E-state index in [-0.39, 0.29) is 5.91 Å². The van der Waals surface area contributed by atoms with Crippen molar-refractivity contribution < 1.29 is 9.53 Å². The highest BCUT2D eigenvalue weighted by Crippen LogP contribution is 2.28. The van der Waals surface area contributed by atoms with Gasteiger partial charge in [-0.3, -0.25) is 10.2 Å². The van der Waals surface area contributed by atoms with Crippen molar-refractivity contribution in [1.82, 2.24) is 10.9 Å². The van der Waals surface area contributed by atoms with E-state index < -0.39 is 0 Å². The predicted octanol–water partition coefficient (Wildman–Crippen LogP) is 1.87. The largest absolute Gasteiger partial charge is 0.496 e. The molecule has 0 saturated carbocycles. The van der Waals surface area contributed by atoms with E-state index in [0.717, 1.165) is 27.7 Å². The van der Waals surface area contributed by atoms with Crippen LogP contribution in [0.5, 0.6) is 5.75 Å². The molecule has 1 saturated heterocycles. The van der Waals surface area contributed by atoms with Crippen LogP contribution in [0.4, 0.5) is 0 Å². The number of amides is 1. The van der Waals surface area contributed by atoms with Gasteiger partial charge in [0.05, 0.1) is 7.11 Å². The first-order valence-corrected chi connectivity index (χ1v) is 6.09. The maximum Gasteiger partial charge on any atom is 0.262 e. The van der Waals surface area contributed by atoms with Crippen molar-refractivity contribution in [3.8, 4) is 5.75 Å². The van der Waals surface area contributed by atoms with Crippen molar-refractivity contribution in [2.24, 2.45) is 0 Å². The lowest BCUT2D eigenvalue weighted by Gasteiger charge is -2.07. The normalized spacial score (nSPS) is 16.9. The molecule has 0 radical (unpaired) electrons. The summed E-state index contributed by atoms with van der Waals surface area (Å²) in [7, 11) is 1.66. The molecule has 3 rings (SSSR count). The zero-order chi connectivity index (χ0) is 13.2. The van der Waals surface area contributed by atoms with Gasteiger partial charge in [0.2, 0.25) is 0 Å². The molecule has 1 aliphatic rings. The Morgan fingerprint density at radius 1 is 1.16 bits per heavy atom. The Labute approximate surface area is 111 Å². The number of hydrazine groups is 1. The van der Waals surface area contributed by atoms with E-state index in [0.29, 0.717) is 6.54 Å². The van der Waals surface area contributed by atoms with Crippen molar-refractivity contribution in [2.45, 2.75) is 0 Å². The van der Waals surface area contributed by atoms with Gasteiger partial charge in [-0.25, -0.2) is 5.43 Å². The van der Waals surface area contributed by atoms with Crippen LogP contribution >= 0.6 is 0 Å². The fourth-order valence-corrected chi connectivity index (χ4v) is 2.29. The monoisotopic (exact) mass is 254 g/mol. The smallest absolute Gasteiger partial charge is 0.262 e. The van der Waals surface area contributed by atoms with Crippen LogP contribution in [0.3, 0.4) is 0 Å². The maximum absolute atomic E-state index is 11.6. The minimum Gasteiger partial charge on any atom is -0.496 e. The Bertz CT molecular complexity index is 677. The summed E-state index contributed by atoms with van der Waals surface area (Å²) in [6.07, 6.45) is 1.91. The molecule has 96 valence electrons. The van der Waals surface area contributed by atoms with E-state index in [2.05, 4.69) is 10.9 Å². The number of ether oxygens (including phenoxy) is 1. The molecule has 2 N–H and O–H groups in total. The second-order valence-electron chi connectivity index (χ2n) is 4.38. The molecule has 2 aromatic carbocycles. The Hall–Kier alpha value is -2.33. The van der Waals surface area contributed by atoms with E-state index >= 15 is 0 Å². The lowest BCUT2D eigenvalue weighted by Crippen LogP contribution is -2.25. The van der Waals surface area contributed by atoms with Gasteiger partial charge in [0, 0.05) is 17.5 Å². The molecule has 0 aliphatic carbocycles. The third-order valence-corrected chi connectivity index (χ3v) is 3.24. The van der Waals surface area contributed by atoms with Crippen molar-refractivity contribution in [1.29, 1.82) is 0 Å². The minimum absolute atomic E-state index is 0.0695. The number of rotatable bonds is 2.